The minimum Gasteiger partial charge on any atom is -0.496 e. The molecule has 92 valence electrons. The summed E-state index contributed by atoms with van der Waals surface area (Å²) in [4.78, 5) is 21.1. The lowest BCUT2D eigenvalue weighted by Crippen LogP contribution is -2.36. The number of ether oxygens (including phenoxy) is 1. The summed E-state index contributed by atoms with van der Waals surface area (Å²) in [6.07, 6.45) is 0.540. The third-order valence-electron chi connectivity index (χ3n) is 2.36. The monoisotopic (exact) mass is 237 g/mol. The third kappa shape index (κ3) is 3.88. The van der Waals surface area contributed by atoms with E-state index in [4.69, 9.17) is 9.84 Å². The summed E-state index contributed by atoms with van der Waals surface area (Å²) in [5, 5.41) is 11.7. The van der Waals surface area contributed by atoms with Gasteiger partial charge in [-0.2, -0.15) is 0 Å². The predicted octanol–water partition coefficient (Wildman–Crippen LogP) is 0.827. The Morgan fingerprint density at radius 3 is 2.82 bits per heavy atom. The van der Waals surface area contributed by atoms with E-state index in [9.17, 15) is 9.59 Å². The van der Waals surface area contributed by atoms with Gasteiger partial charge < -0.3 is 14.6 Å². The van der Waals surface area contributed by atoms with Crippen molar-refractivity contribution < 1.29 is 19.4 Å². The summed E-state index contributed by atoms with van der Waals surface area (Å²) in [6.45, 7) is 0.342. The molecule has 2 N–H and O–H groups in total. The minimum atomic E-state index is -1.04. The van der Waals surface area contributed by atoms with E-state index < -0.39 is 12.0 Å². The molecule has 1 rings (SSSR count). The second-order valence-electron chi connectivity index (χ2n) is 3.49. The molecule has 0 aliphatic heterocycles. The molecule has 0 spiro atoms. The lowest BCUT2D eigenvalue weighted by molar-refractivity contribution is -0.140. The molecular weight excluding hydrogens is 222 g/mol. The number of hydrogen-bond donors (Lipinski definition) is 2. The first-order chi connectivity index (χ1) is 8.19. The molecular formula is C12H15NO4. The van der Waals surface area contributed by atoms with E-state index in [2.05, 4.69) is 5.32 Å². The van der Waals surface area contributed by atoms with Crippen LogP contribution in [0, 0.1) is 0 Å². The largest absolute Gasteiger partial charge is 0.496 e. The molecule has 1 aromatic carbocycles. The maximum atomic E-state index is 10.8. The molecule has 0 aromatic heterocycles. The number of carbonyl (C=O) groups is 2. The van der Waals surface area contributed by atoms with Crippen LogP contribution in [-0.2, 0) is 16.1 Å². The number of aldehydes is 1. The van der Waals surface area contributed by atoms with Gasteiger partial charge in [0.25, 0.3) is 0 Å². The molecule has 0 bridgehead atoms. The first kappa shape index (κ1) is 13.2. The minimum absolute atomic E-state index is 0.0511. The molecule has 5 heteroatoms. The number of rotatable bonds is 7. The summed E-state index contributed by atoms with van der Waals surface area (Å²) in [5.74, 6) is -0.345. The number of aliphatic carboxylic acids is 1. The number of carboxylic acid groups (broad SMARTS) is 1. The number of nitrogens with one attached hydrogen (secondary N) is 1. The van der Waals surface area contributed by atoms with Crippen molar-refractivity contribution in [2.45, 2.75) is 19.0 Å². The van der Waals surface area contributed by atoms with Crippen molar-refractivity contribution in [1.82, 2.24) is 5.32 Å². The average Bonchev–Trinajstić information content (AvgIpc) is 2.34. The van der Waals surface area contributed by atoms with Gasteiger partial charge in [0.15, 0.2) is 0 Å². The Morgan fingerprint density at radius 1 is 1.53 bits per heavy atom. The maximum absolute atomic E-state index is 10.8. The molecule has 0 saturated carbocycles. The van der Waals surface area contributed by atoms with E-state index in [1.807, 2.05) is 18.2 Å². The Kier molecular flexibility index (Phi) is 5.16. The van der Waals surface area contributed by atoms with Crippen LogP contribution in [0.5, 0.6) is 5.75 Å². The molecule has 1 aromatic rings. The zero-order chi connectivity index (χ0) is 12.7. The van der Waals surface area contributed by atoms with Crippen LogP contribution in [0.25, 0.3) is 0 Å². The SMILES string of the molecule is COc1ccccc1CNC(CC=O)C(=O)O. The number of carbonyl (C=O) groups excluding carboxylic acids is 1. The van der Waals surface area contributed by atoms with Crippen molar-refractivity contribution in [2.75, 3.05) is 7.11 Å². The van der Waals surface area contributed by atoms with Crippen LogP contribution in [-0.4, -0.2) is 30.5 Å². The van der Waals surface area contributed by atoms with Crippen molar-refractivity contribution >= 4 is 12.3 Å². The second-order valence-corrected chi connectivity index (χ2v) is 3.49. The van der Waals surface area contributed by atoms with Crippen LogP contribution in [0.1, 0.15) is 12.0 Å². The van der Waals surface area contributed by atoms with Gasteiger partial charge in [0.05, 0.1) is 7.11 Å². The van der Waals surface area contributed by atoms with Gasteiger partial charge in [0, 0.05) is 18.5 Å². The fourth-order valence-corrected chi connectivity index (χ4v) is 1.45. The zero-order valence-electron chi connectivity index (χ0n) is 9.55. The van der Waals surface area contributed by atoms with E-state index in [1.165, 1.54) is 0 Å². The van der Waals surface area contributed by atoms with Crippen molar-refractivity contribution in [1.29, 1.82) is 0 Å². The van der Waals surface area contributed by atoms with Gasteiger partial charge in [-0.25, -0.2) is 0 Å². The highest BCUT2D eigenvalue weighted by molar-refractivity contribution is 5.76. The fourth-order valence-electron chi connectivity index (χ4n) is 1.45. The van der Waals surface area contributed by atoms with Crippen LogP contribution in [0.3, 0.4) is 0 Å². The highest BCUT2D eigenvalue weighted by Crippen LogP contribution is 2.16. The average molecular weight is 237 g/mol. The number of hydrogen-bond acceptors (Lipinski definition) is 4. The van der Waals surface area contributed by atoms with Crippen molar-refractivity contribution in [2.24, 2.45) is 0 Å². The van der Waals surface area contributed by atoms with E-state index in [0.29, 0.717) is 18.6 Å². The predicted molar refractivity (Wildman–Crippen MR) is 61.9 cm³/mol. The molecule has 5 nitrogen and oxygen atoms in total. The van der Waals surface area contributed by atoms with Gasteiger partial charge in [-0.15, -0.1) is 0 Å². The molecule has 0 heterocycles. The fraction of sp³-hybridized carbons (Fsp3) is 0.333. The highest BCUT2D eigenvalue weighted by atomic mass is 16.5. The molecule has 0 aliphatic rings. The molecule has 0 amide bonds. The normalized spacial score (nSPS) is 11.8. The summed E-state index contributed by atoms with van der Waals surface area (Å²) < 4.78 is 5.14. The van der Waals surface area contributed by atoms with Gasteiger partial charge >= 0.3 is 5.97 Å². The number of benzene rings is 1. The van der Waals surface area contributed by atoms with Gasteiger partial charge in [-0.3, -0.25) is 10.1 Å². The maximum Gasteiger partial charge on any atom is 0.321 e. The smallest absolute Gasteiger partial charge is 0.321 e. The van der Waals surface area contributed by atoms with Crippen molar-refractivity contribution in [3.63, 3.8) is 0 Å². The van der Waals surface area contributed by atoms with Crippen molar-refractivity contribution in [3.05, 3.63) is 29.8 Å². The Labute approximate surface area is 99.4 Å². The molecule has 0 radical (unpaired) electrons. The lowest BCUT2D eigenvalue weighted by Gasteiger charge is -2.13. The third-order valence-corrected chi connectivity index (χ3v) is 2.36. The standard InChI is InChI=1S/C12H15NO4/c1-17-11-5-3-2-4-9(11)8-13-10(6-7-14)12(15)16/h2-5,7,10,13H,6,8H2,1H3,(H,15,16). The van der Waals surface area contributed by atoms with E-state index in [1.54, 1.807) is 13.2 Å². The second kappa shape index (κ2) is 6.65. The zero-order valence-corrected chi connectivity index (χ0v) is 9.55. The van der Waals surface area contributed by atoms with E-state index in [-0.39, 0.29) is 6.42 Å². The number of para-hydroxylation sites is 1. The topological polar surface area (TPSA) is 75.6 Å². The molecule has 0 saturated heterocycles. The first-order valence-corrected chi connectivity index (χ1v) is 5.20. The summed E-state index contributed by atoms with van der Waals surface area (Å²) in [7, 11) is 1.55. The molecule has 17 heavy (non-hydrogen) atoms. The van der Waals surface area contributed by atoms with E-state index in [0.717, 1.165) is 5.56 Å². The Hall–Kier alpha value is -1.88. The number of methoxy groups -OCH3 is 1. The Bertz CT molecular complexity index is 392. The summed E-state index contributed by atoms with van der Waals surface area (Å²) >= 11 is 0. The molecule has 1 unspecified atom stereocenters. The molecule has 0 fully saturated rings. The summed E-state index contributed by atoms with van der Waals surface area (Å²) in [6, 6.07) is 6.45. The van der Waals surface area contributed by atoms with Gasteiger partial charge in [-0.05, 0) is 6.07 Å². The quantitative estimate of drug-likeness (QED) is 0.687. The van der Waals surface area contributed by atoms with Gasteiger partial charge in [0.1, 0.15) is 18.1 Å². The van der Waals surface area contributed by atoms with Crippen LogP contribution in [0.4, 0.5) is 0 Å². The number of carboxylic acids is 1. The van der Waals surface area contributed by atoms with Gasteiger partial charge in [-0.1, -0.05) is 18.2 Å². The van der Waals surface area contributed by atoms with Gasteiger partial charge in [0.2, 0.25) is 0 Å². The van der Waals surface area contributed by atoms with E-state index >= 15 is 0 Å². The van der Waals surface area contributed by atoms with Crippen LogP contribution in [0.15, 0.2) is 24.3 Å². The lowest BCUT2D eigenvalue weighted by atomic mass is 10.1. The first-order valence-electron chi connectivity index (χ1n) is 5.20. The highest BCUT2D eigenvalue weighted by Gasteiger charge is 2.16. The van der Waals surface area contributed by atoms with Crippen LogP contribution in [0.2, 0.25) is 0 Å². The summed E-state index contributed by atoms with van der Waals surface area (Å²) in [5.41, 5.74) is 0.854. The Morgan fingerprint density at radius 2 is 2.24 bits per heavy atom. The van der Waals surface area contributed by atoms with Crippen LogP contribution >= 0.6 is 0 Å². The van der Waals surface area contributed by atoms with Crippen molar-refractivity contribution in [3.8, 4) is 5.75 Å². The molecule has 0 aliphatic carbocycles. The Balaban J connectivity index is 2.64. The molecule has 1 atom stereocenters. The van der Waals surface area contributed by atoms with Crippen LogP contribution < -0.4 is 10.1 Å².